The van der Waals surface area contributed by atoms with Crippen LogP contribution in [0.2, 0.25) is 5.02 Å². The molecular weight excluding hydrogens is 388 g/mol. The molecule has 0 radical (unpaired) electrons. The Kier molecular flexibility index (Phi) is 5.31. The number of hydrogen-bond acceptors (Lipinski definition) is 4. The molecule has 1 spiro atoms. The van der Waals surface area contributed by atoms with Gasteiger partial charge in [-0.3, -0.25) is 4.99 Å². The van der Waals surface area contributed by atoms with Gasteiger partial charge in [-0.05, 0) is 66.2 Å². The summed E-state index contributed by atoms with van der Waals surface area (Å²) in [6.07, 6.45) is 2.78. The molecule has 2 aliphatic heterocycles. The van der Waals surface area contributed by atoms with Gasteiger partial charge in [0.05, 0.1) is 29.4 Å². The smallest absolute Gasteiger partial charge is 0.108 e. The molecular formula is C22H19ClN4S. The predicted molar refractivity (Wildman–Crippen MR) is 115 cm³/mol. The van der Waals surface area contributed by atoms with E-state index in [1.165, 1.54) is 0 Å². The molecule has 140 valence electrons. The average molecular weight is 407 g/mol. The molecule has 4 rings (SSSR count). The number of nitrogens with zero attached hydrogens (tertiary/aromatic N) is 3. The molecule has 1 saturated heterocycles. The first-order chi connectivity index (χ1) is 13.6. The lowest BCUT2D eigenvalue weighted by Crippen LogP contribution is -2.45. The number of amidine groups is 1. The second kappa shape index (κ2) is 7.87. The highest BCUT2D eigenvalue weighted by Crippen LogP contribution is 2.45. The molecule has 1 fully saturated rings. The summed E-state index contributed by atoms with van der Waals surface area (Å²) in [5, 5.41) is 23.3. The Morgan fingerprint density at radius 3 is 2.57 bits per heavy atom. The number of aliphatic imine (C=N–C) groups is 1. The van der Waals surface area contributed by atoms with Crippen molar-refractivity contribution in [2.45, 2.75) is 25.8 Å². The van der Waals surface area contributed by atoms with Crippen LogP contribution in [-0.4, -0.2) is 17.3 Å². The lowest BCUT2D eigenvalue weighted by molar-refractivity contribution is 0.377. The zero-order valence-electron chi connectivity index (χ0n) is 15.3. The van der Waals surface area contributed by atoms with E-state index in [1.807, 2.05) is 36.0 Å². The van der Waals surface area contributed by atoms with Crippen molar-refractivity contribution >= 4 is 34.9 Å². The molecule has 4 nitrogen and oxygen atoms in total. The van der Waals surface area contributed by atoms with E-state index in [2.05, 4.69) is 17.5 Å². The quantitative estimate of drug-likeness (QED) is 0.747. The highest BCUT2D eigenvalue weighted by molar-refractivity contribution is 7.99. The Morgan fingerprint density at radius 2 is 1.86 bits per heavy atom. The van der Waals surface area contributed by atoms with Crippen molar-refractivity contribution in [1.82, 2.24) is 0 Å². The van der Waals surface area contributed by atoms with E-state index in [-0.39, 0.29) is 5.41 Å². The van der Waals surface area contributed by atoms with Gasteiger partial charge in [-0.15, -0.1) is 0 Å². The van der Waals surface area contributed by atoms with Crippen LogP contribution in [-0.2, 0) is 13.0 Å². The van der Waals surface area contributed by atoms with Gasteiger partial charge in [-0.25, -0.2) is 0 Å². The summed E-state index contributed by atoms with van der Waals surface area (Å²) in [7, 11) is 0. The molecule has 2 aliphatic rings. The van der Waals surface area contributed by atoms with Crippen LogP contribution in [0, 0.1) is 28.1 Å². The van der Waals surface area contributed by atoms with Crippen LogP contribution in [0.5, 0.6) is 0 Å². The van der Waals surface area contributed by atoms with Gasteiger partial charge in [0.25, 0.3) is 0 Å². The number of benzene rings is 2. The monoisotopic (exact) mass is 406 g/mol. The predicted octanol–water partition coefficient (Wildman–Crippen LogP) is 5.16. The van der Waals surface area contributed by atoms with Crippen molar-refractivity contribution in [2.24, 2.45) is 10.4 Å². The summed E-state index contributed by atoms with van der Waals surface area (Å²) >= 11 is 8.08. The van der Waals surface area contributed by atoms with E-state index in [0.717, 1.165) is 53.4 Å². The maximum Gasteiger partial charge on any atom is 0.108 e. The zero-order valence-corrected chi connectivity index (χ0v) is 16.9. The van der Waals surface area contributed by atoms with Crippen molar-refractivity contribution in [1.29, 1.82) is 10.5 Å². The molecule has 0 saturated carbocycles. The number of hydrogen-bond donors (Lipinski definition) is 1. The fourth-order valence-corrected chi connectivity index (χ4v) is 5.52. The third-order valence-electron chi connectivity index (χ3n) is 5.57. The van der Waals surface area contributed by atoms with Crippen molar-refractivity contribution in [3.63, 3.8) is 0 Å². The third kappa shape index (κ3) is 3.49. The van der Waals surface area contributed by atoms with E-state index in [1.54, 1.807) is 12.1 Å². The van der Waals surface area contributed by atoms with E-state index >= 15 is 0 Å². The molecule has 2 aromatic carbocycles. The lowest BCUT2D eigenvalue weighted by atomic mass is 9.71. The van der Waals surface area contributed by atoms with Gasteiger partial charge in [-0.1, -0.05) is 23.7 Å². The van der Waals surface area contributed by atoms with Gasteiger partial charge in [0.15, 0.2) is 0 Å². The molecule has 0 unspecified atom stereocenters. The number of halogens is 1. The summed E-state index contributed by atoms with van der Waals surface area (Å²) in [5.74, 6) is 3.09. The molecule has 0 aliphatic carbocycles. The van der Waals surface area contributed by atoms with Crippen molar-refractivity contribution in [2.75, 3.05) is 16.8 Å². The maximum absolute atomic E-state index is 9.58. The summed E-state index contributed by atoms with van der Waals surface area (Å²) in [5.41, 5.74) is 3.86. The Labute approximate surface area is 174 Å². The fraction of sp³-hybridized carbons (Fsp3) is 0.318. The van der Waals surface area contributed by atoms with Crippen molar-refractivity contribution < 1.29 is 0 Å². The number of thioether (sulfide) groups is 1. The second-order valence-electron chi connectivity index (χ2n) is 7.23. The van der Waals surface area contributed by atoms with Gasteiger partial charge >= 0.3 is 0 Å². The lowest BCUT2D eigenvalue weighted by Gasteiger charge is -2.43. The molecule has 0 atom stereocenters. The Bertz CT molecular complexity index is 1030. The summed E-state index contributed by atoms with van der Waals surface area (Å²) in [4.78, 5) is 4.95. The SMILES string of the molecule is N#Cc1ccc(C#N)c2c1CC1(CCSCC1)C(=NCc1cccc(Cl)c1)N2. The first-order valence-electron chi connectivity index (χ1n) is 9.25. The van der Waals surface area contributed by atoms with Gasteiger partial charge in [0.1, 0.15) is 11.9 Å². The Balaban J connectivity index is 1.78. The van der Waals surface area contributed by atoms with Crippen LogP contribution >= 0.6 is 23.4 Å². The molecule has 2 aromatic rings. The van der Waals surface area contributed by atoms with E-state index in [9.17, 15) is 10.5 Å². The van der Waals surface area contributed by atoms with Crippen molar-refractivity contribution in [3.05, 3.63) is 63.7 Å². The molecule has 0 amide bonds. The van der Waals surface area contributed by atoms with E-state index in [0.29, 0.717) is 22.7 Å². The standard InChI is InChI=1S/C22H19ClN4S/c23-18-3-1-2-15(10-18)14-26-21-22(6-8-28-9-7-22)11-19-16(12-24)4-5-17(13-25)20(19)27-21/h1-5,10H,6-9,11,14H2,(H,26,27). The largest absolute Gasteiger partial charge is 0.342 e. The van der Waals surface area contributed by atoms with E-state index < -0.39 is 0 Å². The molecule has 0 bridgehead atoms. The number of fused-ring (bicyclic) bond motifs is 1. The average Bonchev–Trinajstić information content (AvgIpc) is 2.72. The summed E-state index contributed by atoms with van der Waals surface area (Å²) in [6.45, 7) is 0.535. The Morgan fingerprint density at radius 1 is 1.11 bits per heavy atom. The molecule has 0 aromatic heterocycles. The minimum Gasteiger partial charge on any atom is -0.342 e. The van der Waals surface area contributed by atoms with Crippen LogP contribution in [0.4, 0.5) is 5.69 Å². The summed E-state index contributed by atoms with van der Waals surface area (Å²) < 4.78 is 0. The minimum absolute atomic E-state index is 0.101. The minimum atomic E-state index is -0.101. The maximum atomic E-state index is 9.58. The normalized spacial score (nSPS) is 18.8. The van der Waals surface area contributed by atoms with Gasteiger partial charge in [-0.2, -0.15) is 22.3 Å². The molecule has 6 heteroatoms. The highest BCUT2D eigenvalue weighted by Gasteiger charge is 2.42. The molecule has 28 heavy (non-hydrogen) atoms. The zero-order chi connectivity index (χ0) is 19.6. The van der Waals surface area contributed by atoms with Crippen LogP contribution < -0.4 is 5.32 Å². The number of nitrogens with one attached hydrogen (secondary N) is 1. The van der Waals surface area contributed by atoms with Crippen molar-refractivity contribution in [3.8, 4) is 12.1 Å². The van der Waals surface area contributed by atoms with Crippen LogP contribution in [0.1, 0.15) is 35.1 Å². The molecule has 1 N–H and O–H groups in total. The first kappa shape index (κ1) is 18.9. The first-order valence-corrected chi connectivity index (χ1v) is 10.8. The van der Waals surface area contributed by atoms with Crippen LogP contribution in [0.15, 0.2) is 41.4 Å². The molecule has 2 heterocycles. The summed E-state index contributed by atoms with van der Waals surface area (Å²) in [6, 6.07) is 15.8. The number of nitriles is 2. The topological polar surface area (TPSA) is 72.0 Å². The van der Waals surface area contributed by atoms with Crippen LogP contribution in [0.3, 0.4) is 0 Å². The van der Waals surface area contributed by atoms with Gasteiger partial charge in [0, 0.05) is 10.4 Å². The highest BCUT2D eigenvalue weighted by atomic mass is 35.5. The second-order valence-corrected chi connectivity index (χ2v) is 8.89. The van der Waals surface area contributed by atoms with Gasteiger partial charge in [0.2, 0.25) is 0 Å². The van der Waals surface area contributed by atoms with Gasteiger partial charge < -0.3 is 5.32 Å². The third-order valence-corrected chi connectivity index (χ3v) is 6.79. The fourth-order valence-electron chi connectivity index (χ4n) is 4.03. The van der Waals surface area contributed by atoms with E-state index in [4.69, 9.17) is 16.6 Å². The number of anilines is 1. The van der Waals surface area contributed by atoms with Crippen LogP contribution in [0.25, 0.3) is 0 Å². The Hall–Kier alpha value is -2.47. The number of rotatable bonds is 2.